The van der Waals surface area contributed by atoms with Gasteiger partial charge >= 0.3 is 0 Å². The highest BCUT2D eigenvalue weighted by molar-refractivity contribution is 5.88. The first-order valence-electron chi connectivity index (χ1n) is 9.48. The number of amides is 2. The molecule has 0 saturated carbocycles. The molecule has 0 fully saturated rings. The zero-order valence-electron chi connectivity index (χ0n) is 15.9. The Morgan fingerprint density at radius 1 is 1.00 bits per heavy atom. The summed E-state index contributed by atoms with van der Waals surface area (Å²) in [5, 5.41) is 15.0. The van der Waals surface area contributed by atoms with Crippen LogP contribution in [0.4, 0.5) is 0 Å². The average Bonchev–Trinajstić information content (AvgIpc) is 2.50. The topological polar surface area (TPSA) is 78.4 Å². The highest BCUT2D eigenvalue weighted by Crippen LogP contribution is 2.08. The summed E-state index contributed by atoms with van der Waals surface area (Å²) < 4.78 is 0. The van der Waals surface area contributed by atoms with Crippen molar-refractivity contribution in [1.82, 2.24) is 10.6 Å². The maximum absolute atomic E-state index is 12.1. The Morgan fingerprint density at radius 3 is 2.12 bits per heavy atom. The molecule has 24 heavy (non-hydrogen) atoms. The van der Waals surface area contributed by atoms with Gasteiger partial charge in [-0.15, -0.1) is 0 Å². The molecule has 5 nitrogen and oxygen atoms in total. The third-order valence-electron chi connectivity index (χ3n) is 3.92. The molecular formula is C19H37N2O3. The lowest BCUT2D eigenvalue weighted by atomic mass is 10.1. The van der Waals surface area contributed by atoms with Gasteiger partial charge in [-0.3, -0.25) is 9.59 Å². The van der Waals surface area contributed by atoms with Crippen LogP contribution in [0.2, 0.25) is 0 Å². The highest BCUT2D eigenvalue weighted by atomic mass is 16.3. The van der Waals surface area contributed by atoms with Crippen molar-refractivity contribution in [3.63, 3.8) is 0 Å². The first-order valence-corrected chi connectivity index (χ1v) is 9.48. The molecule has 0 spiro atoms. The summed E-state index contributed by atoms with van der Waals surface area (Å²) in [5.41, 5.74) is 0. The SMILES string of the molecule is CCCCCCCCCC(=O)NC(C(=O)N[CH]CC(C)C)C(C)O. The number of carbonyl (C=O) groups is 2. The second-order valence-corrected chi connectivity index (χ2v) is 7.00. The fourth-order valence-corrected chi connectivity index (χ4v) is 2.38. The predicted molar refractivity (Wildman–Crippen MR) is 98.1 cm³/mol. The summed E-state index contributed by atoms with van der Waals surface area (Å²) in [6.07, 6.45) is 8.24. The van der Waals surface area contributed by atoms with Crippen LogP contribution in [-0.2, 0) is 9.59 Å². The standard InChI is InChI=1S/C19H37N2O3/c1-5-6-7-8-9-10-11-12-17(23)21-18(16(4)22)19(24)20-14-13-15(2)3/h14-16,18,22H,5-13H2,1-4H3,(H,20,24)(H,21,23). The Balaban J connectivity index is 4.00. The van der Waals surface area contributed by atoms with Gasteiger partial charge in [-0.1, -0.05) is 59.3 Å². The van der Waals surface area contributed by atoms with Gasteiger partial charge in [0, 0.05) is 13.0 Å². The van der Waals surface area contributed by atoms with E-state index in [1.807, 2.05) is 0 Å². The van der Waals surface area contributed by atoms with Crippen LogP contribution in [0.15, 0.2) is 0 Å². The van der Waals surface area contributed by atoms with Crippen LogP contribution in [0.3, 0.4) is 0 Å². The molecule has 141 valence electrons. The number of nitrogens with one attached hydrogen (secondary N) is 2. The van der Waals surface area contributed by atoms with Gasteiger partial charge < -0.3 is 15.7 Å². The van der Waals surface area contributed by atoms with Crippen LogP contribution in [0, 0.1) is 12.5 Å². The quantitative estimate of drug-likeness (QED) is 0.424. The molecule has 2 atom stereocenters. The Morgan fingerprint density at radius 2 is 1.58 bits per heavy atom. The van der Waals surface area contributed by atoms with Crippen molar-refractivity contribution in [3.8, 4) is 0 Å². The van der Waals surface area contributed by atoms with E-state index in [1.54, 1.807) is 6.54 Å². The lowest BCUT2D eigenvalue weighted by molar-refractivity contribution is -0.131. The molecule has 0 aliphatic heterocycles. The van der Waals surface area contributed by atoms with Gasteiger partial charge in [-0.05, 0) is 25.7 Å². The maximum Gasteiger partial charge on any atom is 0.245 e. The van der Waals surface area contributed by atoms with Crippen LogP contribution in [0.1, 0.15) is 85.5 Å². The van der Waals surface area contributed by atoms with E-state index in [4.69, 9.17) is 0 Å². The second-order valence-electron chi connectivity index (χ2n) is 7.00. The van der Waals surface area contributed by atoms with Gasteiger partial charge in [0.15, 0.2) is 0 Å². The second kappa shape index (κ2) is 14.3. The van der Waals surface area contributed by atoms with E-state index in [9.17, 15) is 14.7 Å². The first kappa shape index (κ1) is 22.9. The van der Waals surface area contributed by atoms with Crippen LogP contribution in [0.25, 0.3) is 0 Å². The van der Waals surface area contributed by atoms with Gasteiger partial charge in [0.25, 0.3) is 0 Å². The Bertz CT molecular complexity index is 344. The van der Waals surface area contributed by atoms with E-state index < -0.39 is 12.1 Å². The molecule has 1 radical (unpaired) electrons. The van der Waals surface area contributed by atoms with E-state index in [1.165, 1.54) is 32.6 Å². The Hall–Kier alpha value is -1.10. The molecule has 0 saturated heterocycles. The molecule has 0 aliphatic carbocycles. The molecule has 0 aromatic carbocycles. The molecule has 0 bridgehead atoms. The van der Waals surface area contributed by atoms with Crippen molar-refractivity contribution in [3.05, 3.63) is 6.54 Å². The number of aliphatic hydroxyl groups excluding tert-OH is 1. The molecule has 2 amide bonds. The third kappa shape index (κ3) is 12.3. The maximum atomic E-state index is 12.1. The van der Waals surface area contributed by atoms with E-state index >= 15 is 0 Å². The van der Waals surface area contributed by atoms with Crippen molar-refractivity contribution < 1.29 is 14.7 Å². The van der Waals surface area contributed by atoms with Gasteiger partial charge in [0.05, 0.1) is 6.10 Å². The van der Waals surface area contributed by atoms with E-state index in [0.29, 0.717) is 12.3 Å². The van der Waals surface area contributed by atoms with E-state index in [2.05, 4.69) is 31.4 Å². The highest BCUT2D eigenvalue weighted by Gasteiger charge is 2.25. The normalized spacial score (nSPS) is 13.6. The molecule has 0 rings (SSSR count). The minimum absolute atomic E-state index is 0.173. The zero-order chi connectivity index (χ0) is 18.4. The molecule has 0 aliphatic rings. The number of carbonyl (C=O) groups excluding carboxylic acids is 2. The number of rotatable bonds is 14. The molecule has 0 heterocycles. The monoisotopic (exact) mass is 341 g/mol. The molecular weight excluding hydrogens is 304 g/mol. The van der Waals surface area contributed by atoms with Crippen LogP contribution >= 0.6 is 0 Å². The first-order chi connectivity index (χ1) is 11.4. The lowest BCUT2D eigenvalue weighted by Crippen LogP contribution is -2.51. The summed E-state index contributed by atoms with van der Waals surface area (Å²) >= 11 is 0. The number of hydrogen-bond acceptors (Lipinski definition) is 3. The minimum Gasteiger partial charge on any atom is -0.391 e. The molecule has 0 aromatic rings. The zero-order valence-corrected chi connectivity index (χ0v) is 15.9. The van der Waals surface area contributed by atoms with Crippen molar-refractivity contribution in [2.75, 3.05) is 0 Å². The smallest absolute Gasteiger partial charge is 0.245 e. The molecule has 5 heteroatoms. The van der Waals surface area contributed by atoms with Crippen LogP contribution < -0.4 is 10.6 Å². The van der Waals surface area contributed by atoms with E-state index in [-0.39, 0.29) is 11.8 Å². The molecule has 2 unspecified atom stereocenters. The molecule has 0 aromatic heterocycles. The fraction of sp³-hybridized carbons (Fsp3) is 0.842. The van der Waals surface area contributed by atoms with E-state index in [0.717, 1.165) is 25.7 Å². The largest absolute Gasteiger partial charge is 0.391 e. The van der Waals surface area contributed by atoms with Gasteiger partial charge in [-0.2, -0.15) is 0 Å². The number of hydrogen-bond donors (Lipinski definition) is 3. The predicted octanol–water partition coefficient (Wildman–Crippen LogP) is 3.32. The summed E-state index contributed by atoms with van der Waals surface area (Å²) in [5.74, 6) is -0.0887. The van der Waals surface area contributed by atoms with Gasteiger partial charge in [0.2, 0.25) is 11.8 Å². The van der Waals surface area contributed by atoms with Crippen LogP contribution in [0.5, 0.6) is 0 Å². The number of aliphatic hydroxyl groups is 1. The summed E-state index contributed by atoms with van der Waals surface area (Å²) in [6.45, 7) is 9.50. The minimum atomic E-state index is -0.921. The van der Waals surface area contributed by atoms with Crippen molar-refractivity contribution in [2.45, 2.75) is 97.6 Å². The summed E-state index contributed by atoms with van der Waals surface area (Å²) in [7, 11) is 0. The Kier molecular flexibility index (Phi) is 13.6. The average molecular weight is 342 g/mol. The van der Waals surface area contributed by atoms with Gasteiger partial charge in [-0.25, -0.2) is 0 Å². The summed E-state index contributed by atoms with van der Waals surface area (Å²) in [6, 6.07) is -0.898. The van der Waals surface area contributed by atoms with Crippen molar-refractivity contribution in [1.29, 1.82) is 0 Å². The lowest BCUT2D eigenvalue weighted by Gasteiger charge is -2.21. The van der Waals surface area contributed by atoms with Crippen molar-refractivity contribution in [2.24, 2.45) is 5.92 Å². The fourth-order valence-electron chi connectivity index (χ4n) is 2.38. The van der Waals surface area contributed by atoms with Crippen molar-refractivity contribution >= 4 is 11.8 Å². The Labute approximate surface area is 148 Å². The van der Waals surface area contributed by atoms with Crippen LogP contribution in [-0.4, -0.2) is 29.1 Å². The third-order valence-corrected chi connectivity index (χ3v) is 3.92. The number of unbranched alkanes of at least 4 members (excludes halogenated alkanes) is 6. The van der Waals surface area contributed by atoms with Gasteiger partial charge in [0.1, 0.15) is 6.04 Å². The summed E-state index contributed by atoms with van der Waals surface area (Å²) in [4.78, 5) is 24.0. The molecule has 3 N–H and O–H groups in total.